The van der Waals surface area contributed by atoms with Gasteiger partial charge in [-0.1, -0.05) is 24.3 Å². The monoisotopic (exact) mass is 205 g/mol. The molecule has 0 saturated carbocycles. The molecule has 0 aliphatic carbocycles. The number of amides is 1. The molecule has 1 aromatic carbocycles. The zero-order valence-corrected chi connectivity index (χ0v) is 8.01. The topological polar surface area (TPSA) is 80.4 Å². The summed E-state index contributed by atoms with van der Waals surface area (Å²) in [6.07, 6.45) is 2.76. The number of benzene rings is 1. The first-order valence-electron chi connectivity index (χ1n) is 4.36. The van der Waals surface area contributed by atoms with E-state index >= 15 is 0 Å². The first-order valence-corrected chi connectivity index (χ1v) is 4.36. The third kappa shape index (κ3) is 4.08. The van der Waals surface area contributed by atoms with Crippen LogP contribution in [0.3, 0.4) is 0 Å². The second-order valence-corrected chi connectivity index (χ2v) is 3.05. The van der Waals surface area contributed by atoms with Crippen molar-refractivity contribution in [3.05, 3.63) is 41.5 Å². The number of carbonyl (C=O) groups is 2. The minimum Gasteiger partial charge on any atom is -0.481 e. The van der Waals surface area contributed by atoms with Crippen molar-refractivity contribution in [2.24, 2.45) is 5.73 Å². The summed E-state index contributed by atoms with van der Waals surface area (Å²) in [5, 5.41) is 8.58. The molecule has 0 heterocycles. The molecule has 0 unspecified atom stereocenters. The standard InChI is InChI=1S/C11H11NO3/c12-10(13)5-4-8-2-1-3-9(6-8)7-11(14)15/h1-6H,7H2,(H2,12,13)(H,14,15). The maximum absolute atomic E-state index is 10.5. The van der Waals surface area contributed by atoms with Crippen LogP contribution in [0.5, 0.6) is 0 Å². The van der Waals surface area contributed by atoms with Crippen molar-refractivity contribution in [1.29, 1.82) is 0 Å². The summed E-state index contributed by atoms with van der Waals surface area (Å²) in [6, 6.07) is 6.92. The molecule has 0 aromatic heterocycles. The molecular formula is C11H11NO3. The summed E-state index contributed by atoms with van der Waals surface area (Å²) in [7, 11) is 0. The molecule has 0 atom stereocenters. The Morgan fingerprint density at radius 3 is 2.73 bits per heavy atom. The van der Waals surface area contributed by atoms with Gasteiger partial charge in [0.15, 0.2) is 0 Å². The molecule has 15 heavy (non-hydrogen) atoms. The van der Waals surface area contributed by atoms with Crippen LogP contribution in [-0.4, -0.2) is 17.0 Å². The average molecular weight is 205 g/mol. The van der Waals surface area contributed by atoms with Crippen molar-refractivity contribution in [3.8, 4) is 0 Å². The first kappa shape index (κ1) is 11.0. The van der Waals surface area contributed by atoms with Crippen molar-refractivity contribution in [3.63, 3.8) is 0 Å². The summed E-state index contributed by atoms with van der Waals surface area (Å²) in [6.45, 7) is 0. The smallest absolute Gasteiger partial charge is 0.307 e. The van der Waals surface area contributed by atoms with Gasteiger partial charge in [0.1, 0.15) is 0 Å². The number of rotatable bonds is 4. The summed E-state index contributed by atoms with van der Waals surface area (Å²) in [5.41, 5.74) is 6.39. The zero-order valence-electron chi connectivity index (χ0n) is 8.01. The van der Waals surface area contributed by atoms with Gasteiger partial charge >= 0.3 is 5.97 Å². The molecule has 4 nitrogen and oxygen atoms in total. The molecule has 3 N–H and O–H groups in total. The summed E-state index contributed by atoms with van der Waals surface area (Å²) >= 11 is 0. The van der Waals surface area contributed by atoms with Gasteiger partial charge in [-0.05, 0) is 17.2 Å². The van der Waals surface area contributed by atoms with E-state index in [1.54, 1.807) is 30.3 Å². The third-order valence-corrected chi connectivity index (χ3v) is 1.75. The Morgan fingerprint density at radius 2 is 2.13 bits per heavy atom. The third-order valence-electron chi connectivity index (χ3n) is 1.75. The number of primary amides is 1. The predicted molar refractivity (Wildman–Crippen MR) is 56.0 cm³/mol. The molecular weight excluding hydrogens is 194 g/mol. The van der Waals surface area contributed by atoms with Crippen LogP contribution in [0.15, 0.2) is 30.3 Å². The Morgan fingerprint density at radius 1 is 1.40 bits per heavy atom. The molecule has 0 aliphatic rings. The van der Waals surface area contributed by atoms with Crippen LogP contribution in [-0.2, 0) is 16.0 Å². The quantitative estimate of drug-likeness (QED) is 0.714. The van der Waals surface area contributed by atoms with Gasteiger partial charge in [0.05, 0.1) is 6.42 Å². The van der Waals surface area contributed by atoms with E-state index in [2.05, 4.69) is 0 Å². The van der Waals surface area contributed by atoms with Crippen LogP contribution in [0.4, 0.5) is 0 Å². The van der Waals surface area contributed by atoms with Gasteiger partial charge in [0, 0.05) is 6.08 Å². The van der Waals surface area contributed by atoms with Crippen molar-refractivity contribution in [1.82, 2.24) is 0 Å². The van der Waals surface area contributed by atoms with Gasteiger partial charge in [-0.15, -0.1) is 0 Å². The molecule has 0 aliphatic heterocycles. The number of nitrogens with two attached hydrogens (primary N) is 1. The van der Waals surface area contributed by atoms with Crippen molar-refractivity contribution in [2.75, 3.05) is 0 Å². The van der Waals surface area contributed by atoms with Crippen LogP contribution in [0.2, 0.25) is 0 Å². The van der Waals surface area contributed by atoms with Crippen molar-refractivity contribution in [2.45, 2.75) is 6.42 Å². The molecule has 4 heteroatoms. The van der Waals surface area contributed by atoms with Crippen molar-refractivity contribution >= 4 is 18.0 Å². The average Bonchev–Trinajstić information content (AvgIpc) is 2.14. The van der Waals surface area contributed by atoms with Crippen molar-refractivity contribution < 1.29 is 14.7 Å². The van der Waals surface area contributed by atoms with E-state index in [0.717, 1.165) is 5.56 Å². The first-order chi connectivity index (χ1) is 7.08. The Balaban J connectivity index is 2.82. The lowest BCUT2D eigenvalue weighted by Crippen LogP contribution is -2.05. The normalized spacial score (nSPS) is 10.4. The number of aliphatic carboxylic acids is 1. The maximum Gasteiger partial charge on any atom is 0.307 e. The lowest BCUT2D eigenvalue weighted by atomic mass is 10.1. The molecule has 1 rings (SSSR count). The predicted octanol–water partition coefficient (Wildman–Crippen LogP) is 0.812. The fraction of sp³-hybridized carbons (Fsp3) is 0.0909. The molecule has 0 spiro atoms. The van der Waals surface area contributed by atoms with E-state index in [1.807, 2.05) is 0 Å². The van der Waals surface area contributed by atoms with E-state index < -0.39 is 11.9 Å². The van der Waals surface area contributed by atoms with Gasteiger partial charge in [0.2, 0.25) is 5.91 Å². The molecule has 0 fully saturated rings. The molecule has 78 valence electrons. The van der Waals surface area contributed by atoms with E-state index in [-0.39, 0.29) is 6.42 Å². The van der Waals surface area contributed by atoms with Crippen LogP contribution in [0, 0.1) is 0 Å². The Hall–Kier alpha value is -2.10. The lowest BCUT2D eigenvalue weighted by molar-refractivity contribution is -0.136. The lowest BCUT2D eigenvalue weighted by Gasteiger charge is -1.98. The largest absolute Gasteiger partial charge is 0.481 e. The Kier molecular flexibility index (Phi) is 3.62. The number of carbonyl (C=O) groups excluding carboxylic acids is 1. The highest BCUT2D eigenvalue weighted by atomic mass is 16.4. The molecule has 1 amide bonds. The van der Waals surface area contributed by atoms with E-state index in [4.69, 9.17) is 10.8 Å². The highest BCUT2D eigenvalue weighted by molar-refractivity contribution is 5.90. The minimum atomic E-state index is -0.883. The number of carboxylic acid groups (broad SMARTS) is 1. The van der Waals surface area contributed by atoms with Crippen LogP contribution in [0.25, 0.3) is 6.08 Å². The van der Waals surface area contributed by atoms with Gasteiger partial charge in [-0.2, -0.15) is 0 Å². The van der Waals surface area contributed by atoms with Crippen LogP contribution in [0.1, 0.15) is 11.1 Å². The maximum atomic E-state index is 10.5. The molecule has 1 aromatic rings. The van der Waals surface area contributed by atoms with Crippen LogP contribution >= 0.6 is 0 Å². The highest BCUT2D eigenvalue weighted by Gasteiger charge is 1.99. The highest BCUT2D eigenvalue weighted by Crippen LogP contribution is 2.07. The van der Waals surface area contributed by atoms with E-state index in [9.17, 15) is 9.59 Å². The summed E-state index contributed by atoms with van der Waals surface area (Å²) in [4.78, 5) is 20.9. The molecule has 0 saturated heterocycles. The number of hydrogen-bond donors (Lipinski definition) is 2. The van der Waals surface area contributed by atoms with Gasteiger partial charge in [-0.3, -0.25) is 9.59 Å². The van der Waals surface area contributed by atoms with Gasteiger partial charge < -0.3 is 10.8 Å². The second-order valence-electron chi connectivity index (χ2n) is 3.05. The molecule has 0 radical (unpaired) electrons. The summed E-state index contributed by atoms with van der Waals surface area (Å²) in [5.74, 6) is -1.41. The second kappa shape index (κ2) is 4.95. The van der Waals surface area contributed by atoms with Crippen LogP contribution < -0.4 is 5.73 Å². The van der Waals surface area contributed by atoms with E-state index in [0.29, 0.717) is 5.56 Å². The van der Waals surface area contributed by atoms with Gasteiger partial charge in [-0.25, -0.2) is 0 Å². The Labute approximate surface area is 87.0 Å². The van der Waals surface area contributed by atoms with Gasteiger partial charge in [0.25, 0.3) is 0 Å². The minimum absolute atomic E-state index is 0.0295. The number of carboxylic acids is 1. The number of hydrogen-bond acceptors (Lipinski definition) is 2. The zero-order chi connectivity index (χ0) is 11.3. The fourth-order valence-corrected chi connectivity index (χ4v) is 1.16. The summed E-state index contributed by atoms with van der Waals surface area (Å²) < 4.78 is 0. The molecule has 0 bridgehead atoms. The van der Waals surface area contributed by atoms with E-state index in [1.165, 1.54) is 6.08 Å². The SMILES string of the molecule is NC(=O)C=Cc1cccc(CC(=O)O)c1. The fourth-order valence-electron chi connectivity index (χ4n) is 1.16. The Bertz CT molecular complexity index is 410.